The first-order valence-corrected chi connectivity index (χ1v) is 12.2. The van der Waals surface area contributed by atoms with Gasteiger partial charge in [0.2, 0.25) is 0 Å². The summed E-state index contributed by atoms with van der Waals surface area (Å²) in [6.07, 6.45) is -3.83. The van der Waals surface area contributed by atoms with E-state index in [2.05, 4.69) is 10.5 Å². The molecule has 3 rings (SSSR count). The average molecular weight is 571 g/mol. The maximum absolute atomic E-state index is 13.4. The van der Waals surface area contributed by atoms with Gasteiger partial charge < -0.3 is 4.74 Å². The van der Waals surface area contributed by atoms with Crippen LogP contribution in [0.25, 0.3) is 0 Å². The molecular weight excluding hydrogens is 553 g/mol. The number of amides is 1. The predicted octanol–water partition coefficient (Wildman–Crippen LogP) is 4.62. The first kappa shape index (κ1) is 28.4. The Morgan fingerprint density at radius 1 is 1.16 bits per heavy atom. The summed E-state index contributed by atoms with van der Waals surface area (Å²) in [5.41, 5.74) is 0.165. The monoisotopic (exact) mass is 570 g/mol. The molecule has 1 amide bonds. The van der Waals surface area contributed by atoms with Crippen molar-refractivity contribution in [1.29, 1.82) is 0 Å². The zero-order chi connectivity index (χ0) is 28.1. The third-order valence-electron chi connectivity index (χ3n) is 4.96. The van der Waals surface area contributed by atoms with Crippen LogP contribution in [0.3, 0.4) is 0 Å². The molecule has 10 nitrogen and oxygen atoms in total. The molecular formula is C23H18ClF3N4O6S. The summed E-state index contributed by atoms with van der Waals surface area (Å²) in [6.45, 7) is -0.948. The van der Waals surface area contributed by atoms with Crippen LogP contribution in [0.2, 0.25) is 5.02 Å². The van der Waals surface area contributed by atoms with Crippen molar-refractivity contribution in [3.63, 3.8) is 0 Å². The number of hydrazone groups is 1. The Balaban J connectivity index is 1.91. The Morgan fingerprint density at radius 3 is 2.45 bits per heavy atom. The van der Waals surface area contributed by atoms with E-state index in [-0.39, 0.29) is 21.9 Å². The van der Waals surface area contributed by atoms with E-state index < -0.39 is 49.8 Å². The van der Waals surface area contributed by atoms with Gasteiger partial charge in [-0.05, 0) is 42.5 Å². The van der Waals surface area contributed by atoms with Crippen LogP contribution < -0.4 is 14.5 Å². The molecule has 200 valence electrons. The predicted molar refractivity (Wildman–Crippen MR) is 133 cm³/mol. The molecule has 0 spiro atoms. The molecule has 15 heteroatoms. The normalized spacial score (nSPS) is 11.8. The second kappa shape index (κ2) is 11.5. The molecule has 3 aromatic rings. The van der Waals surface area contributed by atoms with Crippen molar-refractivity contribution in [3.05, 3.63) is 93.0 Å². The smallest absolute Gasteiger partial charge is 0.417 e. The number of ether oxygens (including phenoxy) is 1. The third-order valence-corrected chi connectivity index (χ3v) is 7.08. The summed E-state index contributed by atoms with van der Waals surface area (Å²) < 4.78 is 72.2. The summed E-state index contributed by atoms with van der Waals surface area (Å²) >= 11 is 5.66. The summed E-state index contributed by atoms with van der Waals surface area (Å²) in [5.74, 6) is -1.01. The average Bonchev–Trinajstić information content (AvgIpc) is 2.87. The van der Waals surface area contributed by atoms with Gasteiger partial charge in [-0.15, -0.1) is 0 Å². The summed E-state index contributed by atoms with van der Waals surface area (Å²) in [4.78, 5) is 22.8. The zero-order valence-electron chi connectivity index (χ0n) is 19.3. The number of halogens is 4. The minimum Gasteiger partial charge on any atom is -0.490 e. The lowest BCUT2D eigenvalue weighted by molar-refractivity contribution is -0.385. The maximum Gasteiger partial charge on any atom is 0.417 e. The molecule has 0 aliphatic rings. The number of hydrogen-bond donors (Lipinski definition) is 1. The van der Waals surface area contributed by atoms with Crippen molar-refractivity contribution in [2.24, 2.45) is 5.10 Å². The lowest BCUT2D eigenvalue weighted by atomic mass is 10.2. The molecule has 0 radical (unpaired) electrons. The molecule has 1 N–H and O–H groups in total. The Labute approximate surface area is 219 Å². The van der Waals surface area contributed by atoms with Gasteiger partial charge in [-0.1, -0.05) is 29.8 Å². The Kier molecular flexibility index (Phi) is 8.58. The molecule has 0 bridgehead atoms. The van der Waals surface area contributed by atoms with Crippen LogP contribution in [0.4, 0.5) is 24.5 Å². The van der Waals surface area contributed by atoms with Crippen molar-refractivity contribution >= 4 is 45.1 Å². The first-order valence-electron chi connectivity index (χ1n) is 10.4. The van der Waals surface area contributed by atoms with Crippen LogP contribution in [-0.4, -0.2) is 39.1 Å². The molecule has 0 aliphatic heterocycles. The SMILES string of the molecule is COc1ccc(/C=N/NC(=O)CN(c2ccc(Cl)c(C(F)(F)F)c2)S(=O)(=O)c2ccccc2)cc1[N+](=O)[O-]. The van der Waals surface area contributed by atoms with Crippen LogP contribution in [0, 0.1) is 10.1 Å². The van der Waals surface area contributed by atoms with E-state index in [0.29, 0.717) is 10.4 Å². The third kappa shape index (κ3) is 6.58. The van der Waals surface area contributed by atoms with Crippen LogP contribution >= 0.6 is 11.6 Å². The van der Waals surface area contributed by atoms with Crippen molar-refractivity contribution in [2.75, 3.05) is 18.0 Å². The number of methoxy groups -OCH3 is 1. The Hall–Kier alpha value is -4.17. The number of hydrogen-bond acceptors (Lipinski definition) is 7. The number of anilines is 1. The zero-order valence-corrected chi connectivity index (χ0v) is 20.9. The molecule has 0 aromatic heterocycles. The number of sulfonamides is 1. The standard InChI is InChI=1S/C23H18ClF3N4O6S/c1-37-21-10-7-15(11-20(21)31(33)34)13-28-29-22(32)14-30(38(35,36)17-5-3-2-4-6-17)16-8-9-19(24)18(12-16)23(25,26)27/h2-13H,14H2,1H3,(H,29,32)/b28-13+. The van der Waals surface area contributed by atoms with E-state index in [0.717, 1.165) is 24.4 Å². The quantitative estimate of drug-likeness (QED) is 0.227. The Bertz CT molecular complexity index is 1480. The number of nitro groups is 1. The number of rotatable bonds is 9. The van der Waals surface area contributed by atoms with Crippen molar-refractivity contribution in [1.82, 2.24) is 5.43 Å². The van der Waals surface area contributed by atoms with Crippen LogP contribution in [0.15, 0.2) is 76.7 Å². The van der Waals surface area contributed by atoms with E-state index in [1.165, 1.54) is 43.5 Å². The number of nitrogens with zero attached hydrogens (tertiary/aromatic N) is 3. The van der Waals surface area contributed by atoms with E-state index >= 15 is 0 Å². The largest absolute Gasteiger partial charge is 0.490 e. The van der Waals surface area contributed by atoms with E-state index in [1.807, 2.05) is 0 Å². The molecule has 0 saturated heterocycles. The van der Waals surface area contributed by atoms with Crippen molar-refractivity contribution in [2.45, 2.75) is 11.1 Å². The number of carbonyl (C=O) groups is 1. The van der Waals surface area contributed by atoms with Gasteiger partial charge in [0.25, 0.3) is 15.9 Å². The van der Waals surface area contributed by atoms with Gasteiger partial charge in [-0.3, -0.25) is 19.2 Å². The highest BCUT2D eigenvalue weighted by atomic mass is 35.5. The van der Waals surface area contributed by atoms with Gasteiger partial charge in [-0.2, -0.15) is 18.3 Å². The molecule has 0 fully saturated rings. The number of carbonyl (C=O) groups excluding carboxylic acids is 1. The molecule has 3 aromatic carbocycles. The number of alkyl halides is 3. The highest BCUT2D eigenvalue weighted by Gasteiger charge is 2.35. The van der Waals surface area contributed by atoms with E-state index in [4.69, 9.17) is 16.3 Å². The van der Waals surface area contributed by atoms with Gasteiger partial charge in [0.1, 0.15) is 6.54 Å². The Morgan fingerprint density at radius 2 is 1.84 bits per heavy atom. The lowest BCUT2D eigenvalue weighted by Crippen LogP contribution is -2.39. The molecule has 0 atom stereocenters. The molecule has 0 saturated carbocycles. The van der Waals surface area contributed by atoms with E-state index in [1.54, 1.807) is 6.07 Å². The fourth-order valence-corrected chi connectivity index (χ4v) is 4.85. The molecule has 0 unspecified atom stereocenters. The molecule has 0 heterocycles. The van der Waals surface area contributed by atoms with Crippen molar-refractivity contribution < 1.29 is 36.0 Å². The van der Waals surface area contributed by atoms with Crippen LogP contribution in [0.1, 0.15) is 11.1 Å². The maximum atomic E-state index is 13.4. The fraction of sp³-hybridized carbons (Fsp3) is 0.130. The topological polar surface area (TPSA) is 131 Å². The van der Waals surface area contributed by atoms with Gasteiger partial charge >= 0.3 is 11.9 Å². The summed E-state index contributed by atoms with van der Waals surface area (Å²) in [7, 11) is -3.25. The molecule has 38 heavy (non-hydrogen) atoms. The fourth-order valence-electron chi connectivity index (χ4n) is 3.19. The minimum absolute atomic E-state index is 0.000799. The van der Waals surface area contributed by atoms with Gasteiger partial charge in [0.05, 0.1) is 39.4 Å². The van der Waals surface area contributed by atoms with Crippen LogP contribution in [0.5, 0.6) is 5.75 Å². The van der Waals surface area contributed by atoms with E-state index in [9.17, 15) is 36.5 Å². The molecule has 0 aliphatic carbocycles. The number of benzene rings is 3. The second-order valence-corrected chi connectivity index (χ2v) is 9.74. The van der Waals surface area contributed by atoms with Crippen LogP contribution in [-0.2, 0) is 21.0 Å². The highest BCUT2D eigenvalue weighted by Crippen LogP contribution is 2.38. The minimum atomic E-state index is -4.89. The summed E-state index contributed by atoms with van der Waals surface area (Å²) in [5, 5.41) is 14.2. The lowest BCUT2D eigenvalue weighted by Gasteiger charge is -2.24. The second-order valence-electron chi connectivity index (χ2n) is 7.47. The highest BCUT2D eigenvalue weighted by molar-refractivity contribution is 7.92. The first-order chi connectivity index (χ1) is 17.8. The van der Waals surface area contributed by atoms with Crippen molar-refractivity contribution in [3.8, 4) is 5.75 Å². The van der Waals surface area contributed by atoms with Gasteiger partial charge in [0.15, 0.2) is 5.75 Å². The van der Waals surface area contributed by atoms with Gasteiger partial charge in [-0.25, -0.2) is 13.8 Å². The number of nitro benzene ring substituents is 1. The van der Waals surface area contributed by atoms with Gasteiger partial charge in [0, 0.05) is 11.6 Å². The number of nitrogens with one attached hydrogen (secondary N) is 1. The summed E-state index contributed by atoms with van der Waals surface area (Å²) in [6, 6.07) is 13.1.